The second-order valence-electron chi connectivity index (χ2n) is 8.11. The van der Waals surface area contributed by atoms with Gasteiger partial charge in [-0.2, -0.15) is 13.2 Å². The van der Waals surface area contributed by atoms with Crippen LogP contribution in [-0.4, -0.2) is 16.6 Å². The topological polar surface area (TPSA) is 49.3 Å². The summed E-state index contributed by atoms with van der Waals surface area (Å²) in [6.45, 7) is 0. The summed E-state index contributed by atoms with van der Waals surface area (Å²) in [5.41, 5.74) is -2.34. The molecule has 4 aliphatic rings. The van der Waals surface area contributed by atoms with Crippen LogP contribution in [0, 0.1) is 17.3 Å². The summed E-state index contributed by atoms with van der Waals surface area (Å²) in [5, 5.41) is 13.0. The van der Waals surface area contributed by atoms with E-state index in [1.165, 1.54) is 6.07 Å². The quantitative estimate of drug-likeness (QED) is 0.794. The lowest BCUT2D eigenvalue weighted by molar-refractivity contribution is -0.174. The van der Waals surface area contributed by atoms with Crippen LogP contribution in [-0.2, 0) is 11.0 Å². The Bertz CT molecular complexity index is 720. The van der Waals surface area contributed by atoms with Crippen LogP contribution in [0.15, 0.2) is 18.2 Å². The minimum absolute atomic E-state index is 0.0875. The molecule has 7 heteroatoms. The van der Waals surface area contributed by atoms with E-state index in [0.717, 1.165) is 31.4 Å². The molecule has 0 radical (unpaired) electrons. The van der Waals surface area contributed by atoms with Crippen LogP contribution in [0.2, 0.25) is 5.02 Å². The molecule has 1 amide bonds. The lowest BCUT2D eigenvalue weighted by Crippen LogP contribution is -2.59. The highest BCUT2D eigenvalue weighted by Crippen LogP contribution is 2.61. The predicted octanol–water partition coefficient (Wildman–Crippen LogP) is 4.63. The fourth-order valence-electron chi connectivity index (χ4n) is 5.56. The zero-order chi connectivity index (χ0) is 18.0. The van der Waals surface area contributed by atoms with Crippen LogP contribution in [0.25, 0.3) is 0 Å². The zero-order valence-electron chi connectivity index (χ0n) is 13.5. The first-order valence-electron chi connectivity index (χ1n) is 8.49. The van der Waals surface area contributed by atoms with Gasteiger partial charge < -0.3 is 10.4 Å². The van der Waals surface area contributed by atoms with Gasteiger partial charge in [0.05, 0.1) is 21.6 Å². The van der Waals surface area contributed by atoms with Crippen molar-refractivity contribution in [1.29, 1.82) is 0 Å². The SMILES string of the molecule is O=C(Nc1ccc(Cl)c(C(F)(F)F)c1)C12C[C@@H]3C[C@@H](CC(O)(C3)C1)C2. The number of benzene rings is 1. The highest BCUT2D eigenvalue weighted by atomic mass is 35.5. The van der Waals surface area contributed by atoms with Gasteiger partial charge in [-0.15, -0.1) is 0 Å². The molecule has 2 unspecified atom stereocenters. The Kier molecular flexibility index (Phi) is 3.68. The van der Waals surface area contributed by atoms with Gasteiger partial charge >= 0.3 is 6.18 Å². The third kappa shape index (κ3) is 2.93. The molecule has 4 atom stereocenters. The highest BCUT2D eigenvalue weighted by molar-refractivity contribution is 6.31. The first kappa shape index (κ1) is 17.2. The summed E-state index contributed by atoms with van der Waals surface area (Å²) in [7, 11) is 0. The average molecular weight is 374 g/mol. The van der Waals surface area contributed by atoms with Crippen molar-refractivity contribution in [3.63, 3.8) is 0 Å². The zero-order valence-corrected chi connectivity index (χ0v) is 14.3. The molecule has 4 fully saturated rings. The lowest BCUT2D eigenvalue weighted by atomic mass is 9.47. The Morgan fingerprint density at radius 1 is 1.20 bits per heavy atom. The number of hydrogen-bond acceptors (Lipinski definition) is 2. The molecule has 0 aromatic heterocycles. The Balaban J connectivity index is 1.59. The molecule has 0 saturated heterocycles. The molecule has 0 heterocycles. The van der Waals surface area contributed by atoms with Gasteiger partial charge in [0.25, 0.3) is 0 Å². The maximum absolute atomic E-state index is 13.0. The first-order valence-corrected chi connectivity index (χ1v) is 8.87. The minimum atomic E-state index is -4.58. The predicted molar refractivity (Wildman–Crippen MR) is 87.1 cm³/mol. The Labute approximate surface area is 148 Å². The van der Waals surface area contributed by atoms with Crippen molar-refractivity contribution in [1.82, 2.24) is 0 Å². The van der Waals surface area contributed by atoms with Crippen LogP contribution >= 0.6 is 11.6 Å². The molecule has 4 saturated carbocycles. The molecular formula is C18H19ClF3NO2. The van der Waals surface area contributed by atoms with E-state index in [4.69, 9.17) is 11.6 Å². The van der Waals surface area contributed by atoms with E-state index in [0.29, 0.717) is 31.1 Å². The Morgan fingerprint density at radius 2 is 1.84 bits per heavy atom. The molecule has 136 valence electrons. The molecule has 1 aromatic rings. The largest absolute Gasteiger partial charge is 0.417 e. The van der Waals surface area contributed by atoms with Gasteiger partial charge in [0, 0.05) is 5.69 Å². The maximum Gasteiger partial charge on any atom is 0.417 e. The number of anilines is 1. The molecule has 0 spiro atoms. The van der Waals surface area contributed by atoms with Crippen molar-refractivity contribution in [2.24, 2.45) is 17.3 Å². The molecule has 4 aliphatic carbocycles. The monoisotopic (exact) mass is 373 g/mol. The fourth-order valence-corrected chi connectivity index (χ4v) is 5.79. The summed E-state index contributed by atoms with van der Waals surface area (Å²) < 4.78 is 39.0. The van der Waals surface area contributed by atoms with Gasteiger partial charge in [0.2, 0.25) is 5.91 Å². The van der Waals surface area contributed by atoms with Crippen LogP contribution in [0.5, 0.6) is 0 Å². The van der Waals surface area contributed by atoms with Crippen LogP contribution < -0.4 is 5.32 Å². The smallest absolute Gasteiger partial charge is 0.390 e. The average Bonchev–Trinajstić information content (AvgIpc) is 2.45. The van der Waals surface area contributed by atoms with Crippen molar-refractivity contribution < 1.29 is 23.1 Å². The van der Waals surface area contributed by atoms with E-state index in [1.54, 1.807) is 0 Å². The number of nitrogens with one attached hydrogen (secondary N) is 1. The molecular weight excluding hydrogens is 355 g/mol. The standard InChI is InChI=1S/C18H19ClF3NO2/c19-14-2-1-12(4-13(14)18(20,21)22)23-15(24)16-5-10-3-11(6-16)8-17(25,7-10)9-16/h1-2,4,10-11,25H,3,5-9H2,(H,23,24)/t10-,11+,16?,17?. The molecule has 4 bridgehead atoms. The molecule has 2 N–H and O–H groups in total. The van der Waals surface area contributed by atoms with Crippen LogP contribution in [0.1, 0.15) is 44.1 Å². The van der Waals surface area contributed by atoms with E-state index < -0.39 is 27.8 Å². The summed E-state index contributed by atoms with van der Waals surface area (Å²) in [4.78, 5) is 12.9. The third-order valence-electron chi connectivity index (χ3n) is 6.04. The van der Waals surface area contributed by atoms with E-state index >= 15 is 0 Å². The summed E-state index contributed by atoms with van der Waals surface area (Å²) in [5.74, 6) is 0.372. The highest BCUT2D eigenvalue weighted by Gasteiger charge is 2.60. The number of hydrogen-bond donors (Lipinski definition) is 2. The van der Waals surface area contributed by atoms with E-state index in [-0.39, 0.29) is 11.6 Å². The van der Waals surface area contributed by atoms with Crippen molar-refractivity contribution in [3.05, 3.63) is 28.8 Å². The Morgan fingerprint density at radius 3 is 2.40 bits per heavy atom. The maximum atomic E-state index is 13.0. The molecule has 1 aromatic carbocycles. The second-order valence-corrected chi connectivity index (χ2v) is 8.52. The van der Waals surface area contributed by atoms with Crippen LogP contribution in [0.4, 0.5) is 18.9 Å². The molecule has 3 nitrogen and oxygen atoms in total. The van der Waals surface area contributed by atoms with Gasteiger partial charge in [-0.05, 0) is 68.6 Å². The number of alkyl halides is 3. The number of rotatable bonds is 2. The van der Waals surface area contributed by atoms with Gasteiger partial charge in [-0.1, -0.05) is 11.6 Å². The van der Waals surface area contributed by atoms with Crippen molar-refractivity contribution >= 4 is 23.2 Å². The molecule has 25 heavy (non-hydrogen) atoms. The van der Waals surface area contributed by atoms with E-state index in [1.807, 2.05) is 0 Å². The number of aliphatic hydroxyl groups is 1. The lowest BCUT2D eigenvalue weighted by Gasteiger charge is -2.59. The fraction of sp³-hybridized carbons (Fsp3) is 0.611. The van der Waals surface area contributed by atoms with Crippen molar-refractivity contribution in [3.8, 4) is 0 Å². The van der Waals surface area contributed by atoms with Gasteiger partial charge in [0.1, 0.15) is 0 Å². The first-order chi connectivity index (χ1) is 11.6. The van der Waals surface area contributed by atoms with Crippen LogP contribution in [0.3, 0.4) is 0 Å². The van der Waals surface area contributed by atoms with Gasteiger partial charge in [-0.3, -0.25) is 4.79 Å². The summed E-state index contributed by atoms with van der Waals surface area (Å²) in [6.07, 6.45) is -0.257. The minimum Gasteiger partial charge on any atom is -0.390 e. The van der Waals surface area contributed by atoms with Crippen molar-refractivity contribution in [2.75, 3.05) is 5.32 Å². The van der Waals surface area contributed by atoms with E-state index in [2.05, 4.69) is 5.32 Å². The summed E-state index contributed by atoms with van der Waals surface area (Å²) in [6, 6.07) is 3.40. The molecule has 0 aliphatic heterocycles. The van der Waals surface area contributed by atoms with E-state index in [9.17, 15) is 23.1 Å². The number of carbonyl (C=O) groups excluding carboxylic acids is 1. The third-order valence-corrected chi connectivity index (χ3v) is 6.37. The summed E-state index contributed by atoms with van der Waals surface area (Å²) >= 11 is 5.63. The van der Waals surface area contributed by atoms with Gasteiger partial charge in [0.15, 0.2) is 0 Å². The molecule has 5 rings (SSSR count). The normalized spacial score (nSPS) is 36.5. The second kappa shape index (κ2) is 5.36. The number of carbonyl (C=O) groups is 1. The van der Waals surface area contributed by atoms with Gasteiger partial charge in [-0.25, -0.2) is 0 Å². The van der Waals surface area contributed by atoms with Crippen molar-refractivity contribution in [2.45, 2.75) is 50.3 Å². The Hall–Kier alpha value is -1.27. The number of amides is 1. The number of halogens is 4.